The molecule has 1 fully saturated rings. The molecule has 0 aromatic rings. The predicted molar refractivity (Wildman–Crippen MR) is 67.1 cm³/mol. The molecule has 1 N–H and O–H groups in total. The Kier molecular flexibility index (Phi) is 5.24. The average molecular weight is 223 g/mol. The molecule has 0 aromatic heterocycles. The second kappa shape index (κ2) is 6.22. The summed E-state index contributed by atoms with van der Waals surface area (Å²) in [5.74, 6) is 0.839. The summed E-state index contributed by atoms with van der Waals surface area (Å²) < 4.78 is 0. The van der Waals surface area contributed by atoms with Crippen LogP contribution in [0.5, 0.6) is 0 Å². The molecule has 0 aliphatic heterocycles. The third kappa shape index (κ3) is 3.77. The van der Waals surface area contributed by atoms with Gasteiger partial charge in [0, 0.05) is 18.6 Å². The molecule has 0 heterocycles. The molecule has 92 valence electrons. The van der Waals surface area contributed by atoms with E-state index >= 15 is 0 Å². The fourth-order valence-electron chi connectivity index (χ4n) is 2.44. The highest BCUT2D eigenvalue weighted by atomic mass is 15.1. The van der Waals surface area contributed by atoms with E-state index in [1.54, 1.807) is 0 Å². The Morgan fingerprint density at radius 3 is 2.56 bits per heavy atom. The van der Waals surface area contributed by atoms with Crippen molar-refractivity contribution in [2.75, 3.05) is 20.6 Å². The van der Waals surface area contributed by atoms with Gasteiger partial charge in [-0.15, -0.1) is 0 Å². The minimum Gasteiger partial charge on any atom is -0.308 e. The van der Waals surface area contributed by atoms with E-state index in [4.69, 9.17) is 5.26 Å². The highest BCUT2D eigenvalue weighted by Crippen LogP contribution is 2.25. The third-order valence-electron chi connectivity index (χ3n) is 3.48. The van der Waals surface area contributed by atoms with Crippen LogP contribution >= 0.6 is 0 Å². The number of hydrogen-bond acceptors (Lipinski definition) is 3. The molecule has 3 nitrogen and oxygen atoms in total. The van der Waals surface area contributed by atoms with Crippen LogP contribution in [0.2, 0.25) is 0 Å². The molecular weight excluding hydrogens is 198 g/mol. The zero-order valence-electron chi connectivity index (χ0n) is 11.0. The van der Waals surface area contributed by atoms with Crippen LogP contribution in [0.25, 0.3) is 0 Å². The van der Waals surface area contributed by atoms with Gasteiger partial charge in [-0.3, -0.25) is 0 Å². The van der Waals surface area contributed by atoms with E-state index < -0.39 is 0 Å². The first-order valence-electron chi connectivity index (χ1n) is 6.35. The van der Waals surface area contributed by atoms with Crippen molar-refractivity contribution < 1.29 is 0 Å². The number of likely N-dealkylation sites (N-methyl/N-ethyl adjacent to an activating group) is 1. The van der Waals surface area contributed by atoms with Gasteiger partial charge in [0.05, 0.1) is 12.0 Å². The van der Waals surface area contributed by atoms with Crippen molar-refractivity contribution in [3.63, 3.8) is 0 Å². The minimum absolute atomic E-state index is 0.225. The molecule has 0 aromatic carbocycles. The summed E-state index contributed by atoms with van der Waals surface area (Å²) in [5.41, 5.74) is 0. The smallest absolute Gasteiger partial charge is 0.0672 e. The van der Waals surface area contributed by atoms with Crippen LogP contribution in [-0.2, 0) is 0 Å². The van der Waals surface area contributed by atoms with E-state index in [1.165, 1.54) is 6.42 Å². The van der Waals surface area contributed by atoms with Crippen molar-refractivity contribution >= 4 is 0 Å². The molecule has 0 bridgehead atoms. The lowest BCUT2D eigenvalue weighted by atomic mass is 9.99. The molecule has 1 rings (SSSR count). The Labute approximate surface area is 99.8 Å². The Balaban J connectivity index is 2.51. The Morgan fingerprint density at radius 2 is 2.06 bits per heavy atom. The second-order valence-electron chi connectivity index (χ2n) is 5.55. The van der Waals surface area contributed by atoms with Crippen molar-refractivity contribution in [3.8, 4) is 6.07 Å². The first-order chi connectivity index (χ1) is 7.54. The third-order valence-corrected chi connectivity index (χ3v) is 3.48. The quantitative estimate of drug-likeness (QED) is 0.773. The molecular formula is C13H25N3. The lowest BCUT2D eigenvalue weighted by Gasteiger charge is -2.29. The largest absolute Gasteiger partial charge is 0.308 e. The summed E-state index contributed by atoms with van der Waals surface area (Å²) in [6.45, 7) is 5.54. The van der Waals surface area contributed by atoms with Gasteiger partial charge in [0.15, 0.2) is 0 Å². The Bertz CT molecular complexity index is 242. The molecule has 1 aliphatic carbocycles. The molecule has 3 heteroatoms. The Morgan fingerprint density at radius 1 is 1.38 bits per heavy atom. The van der Waals surface area contributed by atoms with E-state index in [0.717, 1.165) is 19.4 Å². The van der Waals surface area contributed by atoms with Gasteiger partial charge in [0.25, 0.3) is 0 Å². The van der Waals surface area contributed by atoms with Gasteiger partial charge < -0.3 is 10.2 Å². The first kappa shape index (κ1) is 13.5. The molecule has 1 saturated carbocycles. The van der Waals surface area contributed by atoms with Gasteiger partial charge in [0.2, 0.25) is 0 Å². The van der Waals surface area contributed by atoms with Crippen LogP contribution in [0, 0.1) is 23.2 Å². The van der Waals surface area contributed by atoms with Crippen LogP contribution in [0.1, 0.15) is 33.1 Å². The highest BCUT2D eigenvalue weighted by Gasteiger charge is 2.29. The minimum atomic E-state index is 0.225. The van der Waals surface area contributed by atoms with E-state index in [1.807, 2.05) is 0 Å². The van der Waals surface area contributed by atoms with E-state index in [0.29, 0.717) is 18.0 Å². The number of rotatable bonds is 5. The van der Waals surface area contributed by atoms with Crippen LogP contribution in [0.4, 0.5) is 0 Å². The van der Waals surface area contributed by atoms with Gasteiger partial charge in [-0.05, 0) is 32.9 Å². The topological polar surface area (TPSA) is 39.1 Å². The standard InChI is InChI=1S/C13H25N3/c1-10(2)13(9-16(3)4)15-12-7-5-6-11(12)8-14/h10-13,15H,5-7,9H2,1-4H3. The molecule has 0 amide bonds. The summed E-state index contributed by atoms with van der Waals surface area (Å²) in [6.07, 6.45) is 3.43. The number of nitrogens with one attached hydrogen (secondary N) is 1. The summed E-state index contributed by atoms with van der Waals surface area (Å²) in [4.78, 5) is 2.22. The van der Waals surface area contributed by atoms with Crippen LogP contribution in [0.15, 0.2) is 0 Å². The van der Waals surface area contributed by atoms with Gasteiger partial charge in [0.1, 0.15) is 0 Å². The van der Waals surface area contributed by atoms with Crippen molar-refractivity contribution in [2.24, 2.45) is 11.8 Å². The lowest BCUT2D eigenvalue weighted by Crippen LogP contribution is -2.48. The second-order valence-corrected chi connectivity index (χ2v) is 5.55. The fourth-order valence-corrected chi connectivity index (χ4v) is 2.44. The fraction of sp³-hybridized carbons (Fsp3) is 0.923. The summed E-state index contributed by atoms with van der Waals surface area (Å²) in [7, 11) is 4.21. The zero-order valence-corrected chi connectivity index (χ0v) is 11.0. The van der Waals surface area contributed by atoms with Crippen molar-refractivity contribution in [1.82, 2.24) is 10.2 Å². The molecule has 3 atom stereocenters. The Hall–Kier alpha value is -0.590. The molecule has 0 radical (unpaired) electrons. The number of nitriles is 1. The van der Waals surface area contributed by atoms with E-state index in [9.17, 15) is 0 Å². The SMILES string of the molecule is CC(C)C(CN(C)C)NC1CCCC1C#N. The lowest BCUT2D eigenvalue weighted by molar-refractivity contribution is 0.260. The van der Waals surface area contributed by atoms with Gasteiger partial charge in [-0.1, -0.05) is 20.3 Å². The van der Waals surface area contributed by atoms with Crippen molar-refractivity contribution in [2.45, 2.75) is 45.2 Å². The van der Waals surface area contributed by atoms with Crippen LogP contribution < -0.4 is 5.32 Å². The van der Waals surface area contributed by atoms with Gasteiger partial charge in [-0.2, -0.15) is 5.26 Å². The predicted octanol–water partition coefficient (Wildman–Crippen LogP) is 1.85. The number of hydrogen-bond donors (Lipinski definition) is 1. The zero-order chi connectivity index (χ0) is 12.1. The molecule has 3 unspecified atom stereocenters. The number of nitrogens with zero attached hydrogens (tertiary/aromatic N) is 2. The summed E-state index contributed by atoms with van der Waals surface area (Å²) >= 11 is 0. The molecule has 0 saturated heterocycles. The molecule has 1 aliphatic rings. The van der Waals surface area contributed by atoms with E-state index in [2.05, 4.69) is 44.2 Å². The molecule has 0 spiro atoms. The van der Waals surface area contributed by atoms with Crippen molar-refractivity contribution in [1.29, 1.82) is 5.26 Å². The first-order valence-corrected chi connectivity index (χ1v) is 6.35. The maximum absolute atomic E-state index is 9.07. The maximum atomic E-state index is 9.07. The van der Waals surface area contributed by atoms with Crippen LogP contribution in [0.3, 0.4) is 0 Å². The summed E-state index contributed by atoms with van der Waals surface area (Å²) in [6, 6.07) is 3.34. The van der Waals surface area contributed by atoms with E-state index in [-0.39, 0.29) is 5.92 Å². The summed E-state index contributed by atoms with van der Waals surface area (Å²) in [5, 5.41) is 12.8. The van der Waals surface area contributed by atoms with Gasteiger partial charge >= 0.3 is 0 Å². The highest BCUT2D eigenvalue weighted by molar-refractivity contribution is 4.98. The average Bonchev–Trinajstić information content (AvgIpc) is 2.63. The van der Waals surface area contributed by atoms with Gasteiger partial charge in [-0.25, -0.2) is 0 Å². The normalized spacial score (nSPS) is 27.3. The van der Waals surface area contributed by atoms with Crippen molar-refractivity contribution in [3.05, 3.63) is 0 Å². The molecule has 16 heavy (non-hydrogen) atoms. The monoisotopic (exact) mass is 223 g/mol. The van der Waals surface area contributed by atoms with Crippen LogP contribution in [-0.4, -0.2) is 37.6 Å². The maximum Gasteiger partial charge on any atom is 0.0672 e.